The molecule has 112 valence electrons. The van der Waals surface area contributed by atoms with Crippen LogP contribution in [0.15, 0.2) is 48.5 Å². The molecule has 3 nitrogen and oxygen atoms in total. The van der Waals surface area contributed by atoms with Gasteiger partial charge in [0.1, 0.15) is 11.6 Å². The lowest BCUT2D eigenvalue weighted by Gasteiger charge is -2.17. The fourth-order valence-electron chi connectivity index (χ4n) is 2.15. The van der Waals surface area contributed by atoms with E-state index in [0.717, 1.165) is 31.1 Å². The molecule has 4 heteroatoms. The molecule has 0 radical (unpaired) electrons. The van der Waals surface area contributed by atoms with E-state index in [1.54, 1.807) is 13.2 Å². The largest absolute Gasteiger partial charge is 0.497 e. The van der Waals surface area contributed by atoms with E-state index in [1.165, 1.54) is 17.7 Å². The first-order chi connectivity index (χ1) is 10.2. The van der Waals surface area contributed by atoms with Crippen molar-refractivity contribution in [1.29, 1.82) is 0 Å². The summed E-state index contributed by atoms with van der Waals surface area (Å²) in [5.74, 6) is 0.656. The lowest BCUT2D eigenvalue weighted by atomic mass is 10.2. The number of rotatable bonds is 7. The molecule has 21 heavy (non-hydrogen) atoms. The average Bonchev–Trinajstić information content (AvgIpc) is 2.47. The minimum atomic E-state index is -0.218. The van der Waals surface area contributed by atoms with E-state index in [0.29, 0.717) is 0 Å². The minimum absolute atomic E-state index is 0.218. The lowest BCUT2D eigenvalue weighted by Crippen LogP contribution is -2.24. The van der Waals surface area contributed by atoms with Crippen molar-refractivity contribution in [2.75, 3.05) is 32.6 Å². The zero-order valence-electron chi connectivity index (χ0n) is 12.5. The number of benzene rings is 2. The highest BCUT2D eigenvalue weighted by Crippen LogP contribution is 2.14. The lowest BCUT2D eigenvalue weighted by molar-refractivity contribution is 0.338. The summed E-state index contributed by atoms with van der Waals surface area (Å²) in [5.41, 5.74) is 2.02. The number of hydrogen-bond acceptors (Lipinski definition) is 3. The molecule has 0 saturated heterocycles. The first-order valence-electron chi connectivity index (χ1n) is 6.98. The topological polar surface area (TPSA) is 24.5 Å². The van der Waals surface area contributed by atoms with Crippen LogP contribution in [0.25, 0.3) is 0 Å². The molecule has 2 aromatic rings. The van der Waals surface area contributed by atoms with Crippen molar-refractivity contribution in [3.05, 3.63) is 59.9 Å². The second-order valence-electron chi connectivity index (χ2n) is 5.03. The van der Waals surface area contributed by atoms with Crippen molar-refractivity contribution in [2.45, 2.75) is 6.54 Å². The first-order valence-corrected chi connectivity index (χ1v) is 6.98. The monoisotopic (exact) mass is 288 g/mol. The Morgan fingerprint density at radius 2 is 1.95 bits per heavy atom. The van der Waals surface area contributed by atoms with Crippen LogP contribution >= 0.6 is 0 Å². The van der Waals surface area contributed by atoms with Gasteiger partial charge >= 0.3 is 0 Å². The van der Waals surface area contributed by atoms with Crippen molar-refractivity contribution in [3.63, 3.8) is 0 Å². The summed E-state index contributed by atoms with van der Waals surface area (Å²) >= 11 is 0. The predicted octanol–water partition coefficient (Wildman–Crippen LogP) is 3.38. The van der Waals surface area contributed by atoms with Crippen LogP contribution < -0.4 is 10.1 Å². The maximum atomic E-state index is 13.0. The number of methoxy groups -OCH3 is 1. The van der Waals surface area contributed by atoms with E-state index in [-0.39, 0.29) is 5.82 Å². The maximum absolute atomic E-state index is 13.0. The number of hydrogen-bond donors (Lipinski definition) is 1. The molecular weight excluding hydrogens is 267 g/mol. The third-order valence-corrected chi connectivity index (χ3v) is 3.23. The van der Waals surface area contributed by atoms with Gasteiger partial charge in [0.15, 0.2) is 0 Å². The molecular formula is C17H21FN2O. The molecule has 0 saturated carbocycles. The summed E-state index contributed by atoms with van der Waals surface area (Å²) in [6, 6.07) is 14.6. The molecule has 0 aliphatic carbocycles. The van der Waals surface area contributed by atoms with Gasteiger partial charge < -0.3 is 15.0 Å². The van der Waals surface area contributed by atoms with E-state index in [1.807, 2.05) is 24.3 Å². The average molecular weight is 288 g/mol. The van der Waals surface area contributed by atoms with Crippen LogP contribution in [0, 0.1) is 5.82 Å². The fourth-order valence-corrected chi connectivity index (χ4v) is 2.15. The van der Waals surface area contributed by atoms with Gasteiger partial charge in [0, 0.05) is 25.3 Å². The maximum Gasteiger partial charge on any atom is 0.125 e. The van der Waals surface area contributed by atoms with E-state index < -0.39 is 0 Å². The van der Waals surface area contributed by atoms with Crippen LogP contribution in [0.2, 0.25) is 0 Å². The molecule has 0 heterocycles. The summed E-state index contributed by atoms with van der Waals surface area (Å²) in [4.78, 5) is 2.21. The van der Waals surface area contributed by atoms with Gasteiger partial charge in [0.05, 0.1) is 7.11 Å². The van der Waals surface area contributed by atoms with Crippen molar-refractivity contribution in [1.82, 2.24) is 4.90 Å². The zero-order chi connectivity index (χ0) is 15.1. The molecule has 2 aromatic carbocycles. The van der Waals surface area contributed by atoms with E-state index >= 15 is 0 Å². The molecule has 0 spiro atoms. The molecule has 1 N–H and O–H groups in total. The Morgan fingerprint density at radius 3 is 2.71 bits per heavy atom. The Hall–Kier alpha value is -2.07. The highest BCUT2D eigenvalue weighted by Gasteiger charge is 2.02. The SMILES string of the molecule is COc1cccc(CN(C)CCNc2cccc(F)c2)c1. The van der Waals surface area contributed by atoms with Gasteiger partial charge in [0.2, 0.25) is 0 Å². The number of nitrogens with one attached hydrogen (secondary N) is 1. The summed E-state index contributed by atoms with van der Waals surface area (Å²) < 4.78 is 18.3. The van der Waals surface area contributed by atoms with Crippen LogP contribution in [-0.4, -0.2) is 32.1 Å². The van der Waals surface area contributed by atoms with Gasteiger partial charge in [-0.05, 0) is 42.9 Å². The normalized spacial score (nSPS) is 10.7. The Labute approximate surface area is 125 Å². The Kier molecular flexibility index (Phi) is 5.58. The van der Waals surface area contributed by atoms with Crippen LogP contribution in [0.1, 0.15) is 5.56 Å². The molecule has 2 rings (SSSR count). The summed E-state index contributed by atoms with van der Waals surface area (Å²) in [5, 5.41) is 3.22. The summed E-state index contributed by atoms with van der Waals surface area (Å²) in [6.07, 6.45) is 0. The molecule has 0 aromatic heterocycles. The van der Waals surface area contributed by atoms with E-state index in [2.05, 4.69) is 23.3 Å². The third-order valence-electron chi connectivity index (χ3n) is 3.23. The molecule has 0 unspecified atom stereocenters. The van der Waals surface area contributed by atoms with Crippen LogP contribution in [0.4, 0.5) is 10.1 Å². The van der Waals surface area contributed by atoms with Crippen molar-refractivity contribution in [3.8, 4) is 5.75 Å². The first kappa shape index (κ1) is 15.3. The van der Waals surface area contributed by atoms with Crippen molar-refractivity contribution < 1.29 is 9.13 Å². The number of anilines is 1. The third kappa shape index (κ3) is 5.08. The molecule has 0 amide bonds. The minimum Gasteiger partial charge on any atom is -0.497 e. The number of likely N-dealkylation sites (N-methyl/N-ethyl adjacent to an activating group) is 1. The van der Waals surface area contributed by atoms with Crippen LogP contribution in [-0.2, 0) is 6.54 Å². The van der Waals surface area contributed by atoms with Gasteiger partial charge in [-0.1, -0.05) is 18.2 Å². The molecule has 0 aliphatic rings. The Bertz CT molecular complexity index is 574. The highest BCUT2D eigenvalue weighted by atomic mass is 19.1. The summed E-state index contributed by atoms with van der Waals surface area (Å²) in [6.45, 7) is 2.49. The molecule has 0 aliphatic heterocycles. The van der Waals surface area contributed by atoms with Crippen molar-refractivity contribution >= 4 is 5.69 Å². The van der Waals surface area contributed by atoms with Crippen molar-refractivity contribution in [2.24, 2.45) is 0 Å². The zero-order valence-corrected chi connectivity index (χ0v) is 12.5. The number of nitrogens with zero attached hydrogens (tertiary/aromatic N) is 1. The smallest absolute Gasteiger partial charge is 0.125 e. The quantitative estimate of drug-likeness (QED) is 0.845. The van der Waals surface area contributed by atoms with Gasteiger partial charge in [-0.15, -0.1) is 0 Å². The highest BCUT2D eigenvalue weighted by molar-refractivity contribution is 5.42. The van der Waals surface area contributed by atoms with Gasteiger partial charge in [-0.3, -0.25) is 0 Å². The van der Waals surface area contributed by atoms with Crippen LogP contribution in [0.3, 0.4) is 0 Å². The van der Waals surface area contributed by atoms with E-state index in [4.69, 9.17) is 4.74 Å². The predicted molar refractivity (Wildman–Crippen MR) is 84.2 cm³/mol. The van der Waals surface area contributed by atoms with Gasteiger partial charge in [-0.2, -0.15) is 0 Å². The Morgan fingerprint density at radius 1 is 1.14 bits per heavy atom. The fraction of sp³-hybridized carbons (Fsp3) is 0.294. The van der Waals surface area contributed by atoms with E-state index in [9.17, 15) is 4.39 Å². The Balaban J connectivity index is 1.78. The van der Waals surface area contributed by atoms with Crippen LogP contribution in [0.5, 0.6) is 5.75 Å². The van der Waals surface area contributed by atoms with Gasteiger partial charge in [0.25, 0.3) is 0 Å². The standard InChI is InChI=1S/C17H21FN2O/c1-20(13-14-5-3-8-17(11-14)21-2)10-9-19-16-7-4-6-15(18)12-16/h3-8,11-12,19H,9-10,13H2,1-2H3. The second-order valence-corrected chi connectivity index (χ2v) is 5.03. The summed E-state index contributed by atoms with van der Waals surface area (Å²) in [7, 11) is 3.73. The molecule has 0 bridgehead atoms. The molecule has 0 fully saturated rings. The second kappa shape index (κ2) is 7.64. The molecule has 0 atom stereocenters. The van der Waals surface area contributed by atoms with Gasteiger partial charge in [-0.25, -0.2) is 4.39 Å². The number of ether oxygens (including phenoxy) is 1. The number of halogens is 1.